The topological polar surface area (TPSA) is 84.9 Å². The molecule has 3 rings (SSSR count). The molecule has 7 nitrogen and oxygen atoms in total. The number of nitrogens with zero attached hydrogens (tertiary/aromatic N) is 1. The smallest absolute Gasteiger partial charge is 0.309 e. The lowest BCUT2D eigenvalue weighted by Crippen LogP contribution is -2.24. The fourth-order valence-electron chi connectivity index (χ4n) is 2.95. The Balaban J connectivity index is 1.36. The lowest BCUT2D eigenvalue weighted by atomic mass is 10.2. The Kier molecular flexibility index (Phi) is 6.84. The summed E-state index contributed by atoms with van der Waals surface area (Å²) in [5, 5.41) is 2.66. The predicted molar refractivity (Wildman–Crippen MR) is 109 cm³/mol. The highest BCUT2D eigenvalue weighted by Crippen LogP contribution is 2.23. The molecule has 0 radical (unpaired) electrons. The molecule has 0 saturated carbocycles. The molecule has 2 amide bonds. The maximum Gasteiger partial charge on any atom is 0.309 e. The van der Waals surface area contributed by atoms with Crippen molar-refractivity contribution in [3.63, 3.8) is 0 Å². The van der Waals surface area contributed by atoms with E-state index in [2.05, 4.69) is 5.32 Å². The minimum Gasteiger partial charge on any atom is -0.493 e. The Morgan fingerprint density at radius 1 is 1.07 bits per heavy atom. The van der Waals surface area contributed by atoms with E-state index in [1.54, 1.807) is 29.2 Å². The van der Waals surface area contributed by atoms with Crippen LogP contribution in [0.25, 0.3) is 0 Å². The molecule has 1 N–H and O–H groups in total. The van der Waals surface area contributed by atoms with Gasteiger partial charge in [0.2, 0.25) is 5.91 Å². The molecule has 1 saturated heterocycles. The van der Waals surface area contributed by atoms with Gasteiger partial charge in [0.15, 0.2) is 6.61 Å². The van der Waals surface area contributed by atoms with Crippen LogP contribution < -0.4 is 15.0 Å². The van der Waals surface area contributed by atoms with Gasteiger partial charge in [-0.05, 0) is 49.7 Å². The van der Waals surface area contributed by atoms with Crippen LogP contribution >= 0.6 is 0 Å². The number of carbonyl (C=O) groups excluding carboxylic acids is 3. The monoisotopic (exact) mass is 396 g/mol. The zero-order valence-electron chi connectivity index (χ0n) is 16.3. The Morgan fingerprint density at radius 3 is 2.45 bits per heavy atom. The average molecular weight is 396 g/mol. The van der Waals surface area contributed by atoms with Crippen LogP contribution in [0.1, 0.15) is 24.8 Å². The summed E-state index contributed by atoms with van der Waals surface area (Å²) >= 11 is 0. The van der Waals surface area contributed by atoms with E-state index in [0.717, 1.165) is 17.7 Å². The van der Waals surface area contributed by atoms with Crippen molar-refractivity contribution in [3.05, 3.63) is 54.1 Å². The number of hydrogen-bond acceptors (Lipinski definition) is 5. The zero-order valence-corrected chi connectivity index (χ0v) is 16.3. The number of amides is 2. The summed E-state index contributed by atoms with van der Waals surface area (Å²) in [4.78, 5) is 37.2. The summed E-state index contributed by atoms with van der Waals surface area (Å²) < 4.78 is 10.4. The molecule has 2 aromatic rings. The molecule has 1 aliphatic heterocycles. The Labute approximate surface area is 169 Å². The van der Waals surface area contributed by atoms with Crippen LogP contribution in [-0.4, -0.2) is 37.5 Å². The Morgan fingerprint density at radius 2 is 1.79 bits per heavy atom. The van der Waals surface area contributed by atoms with E-state index in [0.29, 0.717) is 24.4 Å². The predicted octanol–water partition coefficient (Wildman–Crippen LogP) is 3.07. The number of nitrogens with one attached hydrogen (secondary N) is 1. The average Bonchev–Trinajstić information content (AvgIpc) is 3.14. The number of rotatable bonds is 8. The van der Waals surface area contributed by atoms with Crippen molar-refractivity contribution in [2.45, 2.75) is 26.2 Å². The number of esters is 1. The molecule has 1 fully saturated rings. The molecule has 2 aromatic carbocycles. The lowest BCUT2D eigenvalue weighted by molar-refractivity contribution is -0.147. The maximum absolute atomic E-state index is 12.0. The summed E-state index contributed by atoms with van der Waals surface area (Å²) in [7, 11) is 0. The number of hydrogen-bond donors (Lipinski definition) is 1. The zero-order chi connectivity index (χ0) is 20.6. The van der Waals surface area contributed by atoms with Crippen molar-refractivity contribution in [1.29, 1.82) is 0 Å². The largest absolute Gasteiger partial charge is 0.493 e. The number of carbonyl (C=O) groups is 3. The second-order valence-electron chi connectivity index (χ2n) is 6.82. The van der Waals surface area contributed by atoms with E-state index >= 15 is 0 Å². The van der Waals surface area contributed by atoms with Crippen LogP contribution in [0.4, 0.5) is 11.4 Å². The standard InChI is InChI=1S/C22H24N2O5/c1-16-4-10-19(11-5-16)28-14-12-22(27)29-15-20(25)23-17-6-8-18(9-7-17)24-13-2-3-21(24)26/h4-11H,2-3,12-15H2,1H3,(H,23,25). The SMILES string of the molecule is Cc1ccc(OCCC(=O)OCC(=O)Nc2ccc(N3CCCC3=O)cc2)cc1. The summed E-state index contributed by atoms with van der Waals surface area (Å²) in [5.41, 5.74) is 2.51. The van der Waals surface area contributed by atoms with Gasteiger partial charge in [0.25, 0.3) is 5.91 Å². The highest BCUT2D eigenvalue weighted by atomic mass is 16.5. The fourth-order valence-corrected chi connectivity index (χ4v) is 2.95. The maximum atomic E-state index is 12.0. The molecule has 0 aliphatic carbocycles. The van der Waals surface area contributed by atoms with Gasteiger partial charge < -0.3 is 19.7 Å². The van der Waals surface area contributed by atoms with Gasteiger partial charge in [0, 0.05) is 24.3 Å². The van der Waals surface area contributed by atoms with E-state index < -0.39 is 11.9 Å². The molecule has 0 spiro atoms. The van der Waals surface area contributed by atoms with Crippen LogP contribution in [-0.2, 0) is 19.1 Å². The molecule has 1 aliphatic rings. The lowest BCUT2D eigenvalue weighted by Gasteiger charge is -2.16. The van der Waals surface area contributed by atoms with Crippen LogP contribution in [0, 0.1) is 6.92 Å². The van der Waals surface area contributed by atoms with Crippen molar-refractivity contribution >= 4 is 29.2 Å². The van der Waals surface area contributed by atoms with Crippen molar-refractivity contribution < 1.29 is 23.9 Å². The second kappa shape index (κ2) is 9.73. The summed E-state index contributed by atoms with van der Waals surface area (Å²) in [6, 6.07) is 14.5. The third kappa shape index (κ3) is 6.07. The fraction of sp³-hybridized carbons (Fsp3) is 0.318. The first-order chi connectivity index (χ1) is 14.0. The molecule has 0 aromatic heterocycles. The summed E-state index contributed by atoms with van der Waals surface area (Å²) in [6.45, 7) is 2.51. The van der Waals surface area contributed by atoms with Gasteiger partial charge in [-0.25, -0.2) is 0 Å². The number of ether oxygens (including phenoxy) is 2. The Hall–Kier alpha value is -3.35. The van der Waals surface area contributed by atoms with E-state index in [9.17, 15) is 14.4 Å². The van der Waals surface area contributed by atoms with E-state index in [1.807, 2.05) is 31.2 Å². The third-order valence-electron chi connectivity index (χ3n) is 4.50. The molecule has 29 heavy (non-hydrogen) atoms. The molecule has 0 atom stereocenters. The molecular formula is C22H24N2O5. The second-order valence-corrected chi connectivity index (χ2v) is 6.82. The van der Waals surface area contributed by atoms with Crippen LogP contribution in [0.2, 0.25) is 0 Å². The molecule has 152 valence electrons. The molecule has 0 unspecified atom stereocenters. The van der Waals surface area contributed by atoms with Crippen molar-refractivity contribution in [1.82, 2.24) is 0 Å². The van der Waals surface area contributed by atoms with Crippen LogP contribution in [0.5, 0.6) is 5.75 Å². The summed E-state index contributed by atoms with van der Waals surface area (Å²) in [5.74, 6) is -0.141. The van der Waals surface area contributed by atoms with Crippen LogP contribution in [0.3, 0.4) is 0 Å². The van der Waals surface area contributed by atoms with Gasteiger partial charge in [0.1, 0.15) is 5.75 Å². The first-order valence-corrected chi connectivity index (χ1v) is 9.56. The molecule has 7 heteroatoms. The first-order valence-electron chi connectivity index (χ1n) is 9.56. The highest BCUT2D eigenvalue weighted by molar-refractivity contribution is 5.96. The van der Waals surface area contributed by atoms with Crippen LogP contribution in [0.15, 0.2) is 48.5 Å². The van der Waals surface area contributed by atoms with E-state index in [4.69, 9.17) is 9.47 Å². The quantitative estimate of drug-likeness (QED) is 0.693. The molecule has 1 heterocycles. The van der Waals surface area contributed by atoms with Gasteiger partial charge in [-0.1, -0.05) is 17.7 Å². The van der Waals surface area contributed by atoms with Crippen molar-refractivity contribution in [3.8, 4) is 5.75 Å². The van der Waals surface area contributed by atoms with Gasteiger partial charge in [-0.2, -0.15) is 0 Å². The highest BCUT2D eigenvalue weighted by Gasteiger charge is 2.21. The number of benzene rings is 2. The number of anilines is 2. The molecular weight excluding hydrogens is 372 g/mol. The summed E-state index contributed by atoms with van der Waals surface area (Å²) in [6.07, 6.45) is 1.48. The van der Waals surface area contributed by atoms with E-state index in [1.165, 1.54) is 0 Å². The Bertz CT molecular complexity index is 862. The van der Waals surface area contributed by atoms with Gasteiger partial charge in [0.05, 0.1) is 13.0 Å². The van der Waals surface area contributed by atoms with Gasteiger partial charge in [-0.15, -0.1) is 0 Å². The van der Waals surface area contributed by atoms with Gasteiger partial charge in [-0.3, -0.25) is 14.4 Å². The third-order valence-corrected chi connectivity index (χ3v) is 4.50. The first kappa shape index (κ1) is 20.4. The molecule has 0 bridgehead atoms. The van der Waals surface area contributed by atoms with Crippen molar-refractivity contribution in [2.75, 3.05) is 30.0 Å². The minimum absolute atomic E-state index is 0.0553. The number of aryl methyl sites for hydroxylation is 1. The normalized spacial score (nSPS) is 13.3. The minimum atomic E-state index is -0.504. The van der Waals surface area contributed by atoms with E-state index in [-0.39, 0.29) is 25.5 Å². The van der Waals surface area contributed by atoms with Gasteiger partial charge >= 0.3 is 5.97 Å². The van der Waals surface area contributed by atoms with Crippen molar-refractivity contribution in [2.24, 2.45) is 0 Å².